The van der Waals surface area contributed by atoms with Gasteiger partial charge in [-0.25, -0.2) is 9.97 Å². The second kappa shape index (κ2) is 11.5. The first-order chi connectivity index (χ1) is 16.7. The van der Waals surface area contributed by atoms with Crippen molar-refractivity contribution in [3.63, 3.8) is 0 Å². The molecule has 0 unspecified atom stereocenters. The van der Waals surface area contributed by atoms with E-state index in [-0.39, 0.29) is 5.91 Å². The van der Waals surface area contributed by atoms with Crippen LogP contribution in [0, 0.1) is 11.3 Å². The standard InChI is InChI=1S/C27H32N6O/c1-2-3-4-10-15-29-27(34)22(20-28)25-26(31-24-14-9-8-13-23(24)30-25)33-18-16-32(17-19-33)21-11-6-5-7-12-21/h5-9,11-14,22H,2-4,10,15-19H2,1H3,(H,29,34)/t22-/m0/s1. The Morgan fingerprint density at radius 1 is 0.941 bits per heavy atom. The van der Waals surface area contributed by atoms with Gasteiger partial charge in [-0.2, -0.15) is 5.26 Å². The fraction of sp³-hybridized carbons (Fsp3) is 0.407. The first-order valence-electron chi connectivity index (χ1n) is 12.2. The smallest absolute Gasteiger partial charge is 0.243 e. The van der Waals surface area contributed by atoms with Crippen LogP contribution in [-0.2, 0) is 4.79 Å². The first kappa shape index (κ1) is 23.5. The number of amides is 1. The number of carbonyl (C=O) groups is 1. The van der Waals surface area contributed by atoms with Gasteiger partial charge in [0.2, 0.25) is 5.91 Å². The Balaban J connectivity index is 1.56. The van der Waals surface area contributed by atoms with E-state index in [1.807, 2.05) is 42.5 Å². The summed E-state index contributed by atoms with van der Waals surface area (Å²) in [6.07, 6.45) is 4.27. The van der Waals surface area contributed by atoms with Crippen LogP contribution < -0.4 is 15.1 Å². The van der Waals surface area contributed by atoms with Gasteiger partial charge in [0.05, 0.1) is 17.1 Å². The maximum Gasteiger partial charge on any atom is 0.243 e. The molecule has 1 aliphatic heterocycles. The van der Waals surface area contributed by atoms with Gasteiger partial charge in [0.15, 0.2) is 11.7 Å². The average Bonchev–Trinajstić information content (AvgIpc) is 2.89. The van der Waals surface area contributed by atoms with E-state index in [2.05, 4.69) is 40.2 Å². The number of nitrogens with zero attached hydrogens (tertiary/aromatic N) is 5. The molecule has 1 aromatic heterocycles. The number of rotatable bonds is 9. The lowest BCUT2D eigenvalue weighted by Crippen LogP contribution is -2.47. The first-order valence-corrected chi connectivity index (χ1v) is 12.2. The monoisotopic (exact) mass is 456 g/mol. The van der Waals surface area contributed by atoms with E-state index in [9.17, 15) is 10.1 Å². The van der Waals surface area contributed by atoms with Gasteiger partial charge in [0.25, 0.3) is 0 Å². The van der Waals surface area contributed by atoms with Crippen LogP contribution in [0.25, 0.3) is 11.0 Å². The van der Waals surface area contributed by atoms with Crippen molar-refractivity contribution in [3.05, 3.63) is 60.3 Å². The zero-order valence-corrected chi connectivity index (χ0v) is 19.8. The minimum absolute atomic E-state index is 0.298. The van der Waals surface area contributed by atoms with Crippen LogP contribution in [0.15, 0.2) is 54.6 Å². The second-order valence-corrected chi connectivity index (χ2v) is 8.64. The van der Waals surface area contributed by atoms with Gasteiger partial charge in [-0.3, -0.25) is 4.79 Å². The van der Waals surface area contributed by atoms with E-state index < -0.39 is 5.92 Å². The normalized spacial score (nSPS) is 14.6. The molecule has 0 aliphatic carbocycles. The number of unbranched alkanes of at least 4 members (excludes halogenated alkanes) is 3. The summed E-state index contributed by atoms with van der Waals surface area (Å²) in [4.78, 5) is 27.1. The van der Waals surface area contributed by atoms with E-state index >= 15 is 0 Å². The van der Waals surface area contributed by atoms with Crippen molar-refractivity contribution >= 4 is 28.4 Å². The molecule has 0 saturated carbocycles. The molecule has 7 heteroatoms. The molecular weight excluding hydrogens is 424 g/mol. The molecule has 0 radical (unpaired) electrons. The van der Waals surface area contributed by atoms with Crippen molar-refractivity contribution in [2.45, 2.75) is 38.5 Å². The number of carbonyl (C=O) groups excluding carboxylic acids is 1. The van der Waals surface area contributed by atoms with Gasteiger partial charge in [0.1, 0.15) is 5.69 Å². The Morgan fingerprint density at radius 3 is 2.26 bits per heavy atom. The number of aromatic nitrogens is 2. The third-order valence-corrected chi connectivity index (χ3v) is 6.27. The highest BCUT2D eigenvalue weighted by molar-refractivity contribution is 5.88. The summed E-state index contributed by atoms with van der Waals surface area (Å²) in [6.45, 7) is 5.88. The van der Waals surface area contributed by atoms with Crippen LogP contribution >= 0.6 is 0 Å². The van der Waals surface area contributed by atoms with E-state index in [4.69, 9.17) is 9.97 Å². The van der Waals surface area contributed by atoms with Crippen molar-refractivity contribution in [1.82, 2.24) is 15.3 Å². The molecule has 1 saturated heterocycles. The highest BCUT2D eigenvalue weighted by Gasteiger charge is 2.30. The Kier molecular flexibility index (Phi) is 7.92. The van der Waals surface area contributed by atoms with Crippen molar-refractivity contribution < 1.29 is 4.79 Å². The summed E-state index contributed by atoms with van der Waals surface area (Å²) in [5.41, 5.74) is 3.10. The molecule has 2 aromatic carbocycles. The lowest BCUT2D eigenvalue weighted by molar-refractivity contribution is -0.121. The number of piperazine rings is 1. The lowest BCUT2D eigenvalue weighted by Gasteiger charge is -2.37. The number of fused-ring (bicyclic) bond motifs is 1. The number of para-hydroxylation sites is 3. The summed E-state index contributed by atoms with van der Waals surface area (Å²) < 4.78 is 0. The highest BCUT2D eigenvalue weighted by atomic mass is 16.1. The van der Waals surface area contributed by atoms with Crippen LogP contribution in [0.3, 0.4) is 0 Å². The van der Waals surface area contributed by atoms with Gasteiger partial charge in [-0.1, -0.05) is 56.5 Å². The van der Waals surface area contributed by atoms with Crippen LogP contribution in [-0.4, -0.2) is 48.6 Å². The van der Waals surface area contributed by atoms with Crippen molar-refractivity contribution in [1.29, 1.82) is 5.26 Å². The summed E-state index contributed by atoms with van der Waals surface area (Å²) in [5, 5.41) is 12.9. The topological polar surface area (TPSA) is 85.1 Å². The molecule has 2 heterocycles. The molecule has 1 aliphatic rings. The minimum atomic E-state index is -0.995. The van der Waals surface area contributed by atoms with Gasteiger partial charge in [0, 0.05) is 38.4 Å². The average molecular weight is 457 g/mol. The summed E-state index contributed by atoms with van der Waals surface area (Å²) in [5.74, 6) is -0.655. The zero-order chi connectivity index (χ0) is 23.8. The van der Waals surface area contributed by atoms with Crippen molar-refractivity contribution in [2.24, 2.45) is 0 Å². The predicted octanol–water partition coefficient (Wildman–Crippen LogP) is 4.26. The number of nitriles is 1. The van der Waals surface area contributed by atoms with E-state index in [1.54, 1.807) is 0 Å². The number of nitrogens with one attached hydrogen (secondary N) is 1. The molecule has 176 valence electrons. The third-order valence-electron chi connectivity index (χ3n) is 6.27. The summed E-state index contributed by atoms with van der Waals surface area (Å²) >= 11 is 0. The molecule has 1 atom stereocenters. The molecule has 0 bridgehead atoms. The molecule has 7 nitrogen and oxygen atoms in total. The predicted molar refractivity (Wildman–Crippen MR) is 136 cm³/mol. The van der Waals surface area contributed by atoms with Crippen LogP contribution in [0.5, 0.6) is 0 Å². The van der Waals surface area contributed by atoms with E-state index in [0.717, 1.165) is 57.4 Å². The quantitative estimate of drug-likeness (QED) is 0.484. The van der Waals surface area contributed by atoms with Crippen LogP contribution in [0.1, 0.15) is 44.2 Å². The summed E-state index contributed by atoms with van der Waals surface area (Å²) in [7, 11) is 0. The van der Waals surface area contributed by atoms with Gasteiger partial charge < -0.3 is 15.1 Å². The van der Waals surface area contributed by atoms with E-state index in [1.165, 1.54) is 5.69 Å². The fourth-order valence-corrected chi connectivity index (χ4v) is 4.36. The maximum absolute atomic E-state index is 13.0. The highest BCUT2D eigenvalue weighted by Crippen LogP contribution is 2.29. The van der Waals surface area contributed by atoms with Gasteiger partial charge in [-0.05, 0) is 30.7 Å². The zero-order valence-electron chi connectivity index (χ0n) is 19.8. The molecular formula is C27H32N6O. The van der Waals surface area contributed by atoms with Crippen molar-refractivity contribution in [2.75, 3.05) is 42.5 Å². The third kappa shape index (κ3) is 5.45. The molecule has 0 spiro atoms. The van der Waals surface area contributed by atoms with Crippen molar-refractivity contribution in [3.8, 4) is 6.07 Å². The summed E-state index contributed by atoms with van der Waals surface area (Å²) in [6, 6.07) is 20.2. The molecule has 1 fully saturated rings. The van der Waals surface area contributed by atoms with Crippen LogP contribution in [0.4, 0.5) is 11.5 Å². The Labute approximate surface area is 201 Å². The molecule has 4 rings (SSSR count). The minimum Gasteiger partial charge on any atom is -0.368 e. The Bertz CT molecular complexity index is 1130. The Hall–Kier alpha value is -3.66. The van der Waals surface area contributed by atoms with Crippen LogP contribution in [0.2, 0.25) is 0 Å². The van der Waals surface area contributed by atoms with E-state index in [0.29, 0.717) is 23.6 Å². The number of benzene rings is 2. The van der Waals surface area contributed by atoms with Gasteiger partial charge in [-0.15, -0.1) is 0 Å². The fourth-order valence-electron chi connectivity index (χ4n) is 4.36. The largest absolute Gasteiger partial charge is 0.368 e. The SMILES string of the molecule is CCCCCCNC(=O)[C@@H](C#N)c1nc2ccccc2nc1N1CCN(c2ccccc2)CC1. The number of hydrogen-bond acceptors (Lipinski definition) is 6. The molecule has 1 N–H and O–H groups in total. The number of anilines is 2. The lowest BCUT2D eigenvalue weighted by atomic mass is 10.0. The Morgan fingerprint density at radius 2 is 1.59 bits per heavy atom. The maximum atomic E-state index is 13.0. The second-order valence-electron chi connectivity index (χ2n) is 8.64. The molecule has 3 aromatic rings. The van der Waals surface area contributed by atoms with Gasteiger partial charge >= 0.3 is 0 Å². The molecule has 1 amide bonds. The molecule has 34 heavy (non-hydrogen) atoms. The number of hydrogen-bond donors (Lipinski definition) is 1.